The molecule has 0 saturated heterocycles. The number of nitrogens with one attached hydrogen (secondary N) is 3. The van der Waals surface area contributed by atoms with E-state index in [4.69, 9.17) is 9.47 Å². The maximum atomic E-state index is 14.2. The lowest BCUT2D eigenvalue weighted by Crippen LogP contribution is -2.56. The molecule has 57 heavy (non-hydrogen) atoms. The quantitative estimate of drug-likeness (QED) is 0.0560. The van der Waals surface area contributed by atoms with Gasteiger partial charge in [-0.15, -0.1) is 11.8 Å². The number of methoxy groups -OCH3 is 1. The van der Waals surface area contributed by atoms with Crippen LogP contribution in [0.1, 0.15) is 54.5 Å². The molecule has 10 heteroatoms. The molecule has 5 aromatic carbocycles. The first kappa shape index (κ1) is 40.5. The molecule has 0 radical (unpaired) electrons. The number of ether oxygens (including phenoxy) is 2. The van der Waals surface area contributed by atoms with Gasteiger partial charge in [0.25, 0.3) is 0 Å². The Morgan fingerprint density at radius 1 is 0.684 bits per heavy atom. The zero-order chi connectivity index (χ0) is 40.4. The zero-order valence-corrected chi connectivity index (χ0v) is 33.3. The lowest BCUT2D eigenvalue weighted by atomic mass is 9.84. The van der Waals surface area contributed by atoms with Crippen molar-refractivity contribution in [3.63, 3.8) is 0 Å². The van der Waals surface area contributed by atoms with Crippen molar-refractivity contribution in [3.8, 4) is 11.1 Å². The maximum Gasteiger partial charge on any atom is 0.407 e. The SMILES string of the molecule is CC=C(NC(=O)C(CSC(c1ccccc1)(c1ccccc1)c1ccccc1)NC(=O)C(NC(=O)OCC1c2ccccc2-c2ccccc21)C(C)C)C(=O)OC. The van der Waals surface area contributed by atoms with Crippen LogP contribution in [0.2, 0.25) is 0 Å². The Kier molecular flexibility index (Phi) is 13.3. The summed E-state index contributed by atoms with van der Waals surface area (Å²) >= 11 is 1.48. The van der Waals surface area contributed by atoms with Gasteiger partial charge in [0.2, 0.25) is 11.8 Å². The molecule has 3 amide bonds. The summed E-state index contributed by atoms with van der Waals surface area (Å²) < 4.78 is 9.87. The van der Waals surface area contributed by atoms with Crippen molar-refractivity contribution in [2.75, 3.05) is 19.5 Å². The number of fused-ring (bicyclic) bond motifs is 3. The summed E-state index contributed by atoms with van der Waals surface area (Å²) in [5, 5.41) is 8.35. The second-order valence-electron chi connectivity index (χ2n) is 14.0. The van der Waals surface area contributed by atoms with Crippen LogP contribution in [0.25, 0.3) is 11.1 Å². The molecule has 6 rings (SSSR count). The molecule has 0 aliphatic heterocycles. The Hall–Kier alpha value is -6.13. The van der Waals surface area contributed by atoms with Crippen LogP contribution in [-0.4, -0.2) is 55.4 Å². The maximum absolute atomic E-state index is 14.2. The first-order chi connectivity index (χ1) is 27.7. The molecule has 0 saturated carbocycles. The monoisotopic (exact) mass is 781 g/mol. The molecule has 0 fully saturated rings. The summed E-state index contributed by atoms with van der Waals surface area (Å²) in [7, 11) is 1.23. The summed E-state index contributed by atoms with van der Waals surface area (Å²) in [5.41, 5.74) is 7.20. The van der Waals surface area contributed by atoms with Gasteiger partial charge in [-0.2, -0.15) is 0 Å². The Morgan fingerprint density at radius 3 is 1.61 bits per heavy atom. The molecule has 9 nitrogen and oxygen atoms in total. The van der Waals surface area contributed by atoms with Crippen molar-refractivity contribution >= 4 is 35.6 Å². The molecule has 0 bridgehead atoms. The molecule has 0 spiro atoms. The van der Waals surface area contributed by atoms with E-state index in [0.29, 0.717) is 0 Å². The molecule has 2 unspecified atom stereocenters. The minimum absolute atomic E-state index is 0.0654. The largest absolute Gasteiger partial charge is 0.464 e. The highest BCUT2D eigenvalue weighted by atomic mass is 32.2. The molecular weight excluding hydrogens is 735 g/mol. The van der Waals surface area contributed by atoms with Gasteiger partial charge in [-0.1, -0.05) is 159 Å². The number of amides is 3. The van der Waals surface area contributed by atoms with Gasteiger partial charge in [0.1, 0.15) is 24.4 Å². The Balaban J connectivity index is 1.26. The molecule has 1 aliphatic carbocycles. The first-order valence-corrected chi connectivity index (χ1v) is 19.9. The average molecular weight is 782 g/mol. The van der Waals surface area contributed by atoms with E-state index in [2.05, 4.69) is 28.1 Å². The van der Waals surface area contributed by atoms with E-state index in [1.165, 1.54) is 24.9 Å². The number of alkyl carbamates (subject to hydrolysis) is 1. The van der Waals surface area contributed by atoms with Crippen LogP contribution in [0.15, 0.2) is 151 Å². The minimum Gasteiger partial charge on any atom is -0.464 e. The van der Waals surface area contributed by atoms with E-state index in [1.807, 2.05) is 127 Å². The lowest BCUT2D eigenvalue weighted by Gasteiger charge is -2.36. The van der Waals surface area contributed by atoms with Crippen molar-refractivity contribution in [2.24, 2.45) is 5.92 Å². The third-order valence-corrected chi connectivity index (χ3v) is 11.8. The van der Waals surface area contributed by atoms with Crippen molar-refractivity contribution < 1.29 is 28.7 Å². The van der Waals surface area contributed by atoms with Gasteiger partial charge in [-0.25, -0.2) is 9.59 Å². The van der Waals surface area contributed by atoms with Crippen LogP contribution in [0.3, 0.4) is 0 Å². The van der Waals surface area contributed by atoms with E-state index in [1.54, 1.807) is 20.8 Å². The van der Waals surface area contributed by atoms with Gasteiger partial charge >= 0.3 is 12.1 Å². The number of hydrogen-bond acceptors (Lipinski definition) is 7. The predicted octanol–water partition coefficient (Wildman–Crippen LogP) is 7.95. The number of esters is 1. The highest BCUT2D eigenvalue weighted by Crippen LogP contribution is 2.49. The molecule has 0 aromatic heterocycles. The van der Waals surface area contributed by atoms with Gasteiger partial charge in [0, 0.05) is 11.7 Å². The number of allylic oxidation sites excluding steroid dienone is 1. The van der Waals surface area contributed by atoms with Crippen LogP contribution in [0.4, 0.5) is 4.79 Å². The molecule has 2 atom stereocenters. The normalized spacial score (nSPS) is 13.5. The van der Waals surface area contributed by atoms with E-state index < -0.39 is 40.7 Å². The summed E-state index contributed by atoms with van der Waals surface area (Å²) in [6.45, 7) is 5.29. The number of thioether (sulfide) groups is 1. The molecule has 292 valence electrons. The molecule has 5 aromatic rings. The van der Waals surface area contributed by atoms with Gasteiger partial charge < -0.3 is 25.4 Å². The van der Waals surface area contributed by atoms with Crippen molar-refractivity contribution in [1.82, 2.24) is 16.0 Å². The lowest BCUT2D eigenvalue weighted by molar-refractivity contribution is -0.138. The third-order valence-electron chi connectivity index (χ3n) is 10.2. The minimum atomic E-state index is -1.16. The van der Waals surface area contributed by atoms with Crippen molar-refractivity contribution in [3.05, 3.63) is 179 Å². The fourth-order valence-electron chi connectivity index (χ4n) is 7.29. The summed E-state index contributed by atoms with van der Waals surface area (Å²) in [4.78, 5) is 54.4. The fourth-order valence-corrected chi connectivity index (χ4v) is 8.85. The Labute approximate surface area is 338 Å². The van der Waals surface area contributed by atoms with Gasteiger partial charge in [-0.05, 0) is 51.8 Å². The van der Waals surface area contributed by atoms with E-state index >= 15 is 0 Å². The number of hydrogen-bond donors (Lipinski definition) is 3. The van der Waals surface area contributed by atoms with Crippen LogP contribution >= 0.6 is 11.8 Å². The zero-order valence-electron chi connectivity index (χ0n) is 32.4. The number of carbonyl (C=O) groups excluding carboxylic acids is 4. The summed E-state index contributed by atoms with van der Waals surface area (Å²) in [6, 6.07) is 43.8. The summed E-state index contributed by atoms with van der Waals surface area (Å²) in [6.07, 6.45) is 0.687. The molecule has 3 N–H and O–H groups in total. The molecule has 1 aliphatic rings. The van der Waals surface area contributed by atoms with Crippen molar-refractivity contribution in [2.45, 2.75) is 43.5 Å². The van der Waals surface area contributed by atoms with E-state index in [0.717, 1.165) is 38.9 Å². The van der Waals surface area contributed by atoms with E-state index in [-0.39, 0.29) is 29.9 Å². The number of carbonyl (C=O) groups is 4. The predicted molar refractivity (Wildman–Crippen MR) is 224 cm³/mol. The highest BCUT2D eigenvalue weighted by Gasteiger charge is 2.40. The summed E-state index contributed by atoms with van der Waals surface area (Å²) in [5.74, 6) is -2.39. The van der Waals surface area contributed by atoms with Crippen LogP contribution in [-0.2, 0) is 28.6 Å². The van der Waals surface area contributed by atoms with Gasteiger partial charge in [-0.3, -0.25) is 9.59 Å². The topological polar surface area (TPSA) is 123 Å². The second-order valence-corrected chi connectivity index (χ2v) is 15.3. The first-order valence-electron chi connectivity index (χ1n) is 19.0. The van der Waals surface area contributed by atoms with Gasteiger partial charge in [0.05, 0.1) is 11.9 Å². The van der Waals surface area contributed by atoms with Gasteiger partial charge in [0.15, 0.2) is 0 Å². The average Bonchev–Trinajstić information content (AvgIpc) is 3.57. The van der Waals surface area contributed by atoms with Crippen LogP contribution < -0.4 is 16.0 Å². The van der Waals surface area contributed by atoms with Crippen LogP contribution in [0.5, 0.6) is 0 Å². The smallest absolute Gasteiger partial charge is 0.407 e. The standard InChI is InChI=1S/C47H47N3O6S/c1-5-40(45(53)55-4)48-43(51)41(30-57-47(32-19-9-6-10-20-32,33-21-11-7-12-22-33)34-23-13-8-14-24-34)49-44(52)42(31(2)3)50-46(54)56-29-39-37-27-17-15-25-35(37)36-26-16-18-28-38(36)39/h5-28,31,39,41-42H,29-30H2,1-4H3,(H,48,51)(H,49,52)(H,50,54). The third kappa shape index (κ3) is 8.97. The molecule has 0 heterocycles. The number of benzene rings is 5. The molecular formula is C47H47N3O6S. The van der Waals surface area contributed by atoms with Crippen LogP contribution in [0, 0.1) is 5.92 Å². The number of rotatable bonds is 15. The van der Waals surface area contributed by atoms with E-state index in [9.17, 15) is 19.2 Å². The fraction of sp³-hybridized carbons (Fsp3) is 0.234. The highest BCUT2D eigenvalue weighted by molar-refractivity contribution is 8.00. The second kappa shape index (κ2) is 18.7. The van der Waals surface area contributed by atoms with Crippen molar-refractivity contribution in [1.29, 1.82) is 0 Å². The Morgan fingerprint density at radius 2 is 1.16 bits per heavy atom. The Bertz CT molecular complexity index is 2070.